The molecule has 128 valence electrons. The maximum atomic E-state index is 5.91. The van der Waals surface area contributed by atoms with Crippen molar-refractivity contribution in [2.24, 2.45) is 4.99 Å². The Morgan fingerprint density at radius 3 is 2.64 bits per heavy atom. The first-order chi connectivity index (χ1) is 12.3. The van der Waals surface area contributed by atoms with E-state index in [0.29, 0.717) is 6.54 Å². The molecule has 0 spiro atoms. The van der Waals surface area contributed by atoms with E-state index in [2.05, 4.69) is 44.9 Å². The number of halogens is 1. The van der Waals surface area contributed by atoms with E-state index < -0.39 is 0 Å². The number of aliphatic imine (C=N–C) groups is 1. The van der Waals surface area contributed by atoms with Crippen LogP contribution < -0.4 is 10.6 Å². The number of nitrogens with one attached hydrogen (secondary N) is 2. The van der Waals surface area contributed by atoms with Crippen LogP contribution in [0.4, 0.5) is 0 Å². The highest BCUT2D eigenvalue weighted by Gasteiger charge is 2.03. The van der Waals surface area contributed by atoms with Gasteiger partial charge in [-0.1, -0.05) is 48.0 Å². The van der Waals surface area contributed by atoms with Crippen LogP contribution in [0, 0.1) is 0 Å². The summed E-state index contributed by atoms with van der Waals surface area (Å²) in [5.41, 5.74) is 3.46. The van der Waals surface area contributed by atoms with Gasteiger partial charge in [-0.2, -0.15) is 0 Å². The van der Waals surface area contributed by atoms with E-state index >= 15 is 0 Å². The maximum Gasteiger partial charge on any atom is 0.191 e. The quantitative estimate of drug-likeness (QED) is 0.542. The number of nitrogens with zero attached hydrogens (tertiary/aromatic N) is 2. The summed E-state index contributed by atoms with van der Waals surface area (Å²) < 4.78 is 0. The van der Waals surface area contributed by atoms with Crippen LogP contribution in [0.2, 0.25) is 5.02 Å². The lowest BCUT2D eigenvalue weighted by atomic mass is 10.1. The second kappa shape index (κ2) is 8.49. The number of aromatic nitrogens is 1. The summed E-state index contributed by atoms with van der Waals surface area (Å²) in [6, 6.07) is 18.1. The first-order valence-electron chi connectivity index (χ1n) is 8.28. The fraction of sp³-hybridized carbons (Fsp3) is 0.200. The molecule has 2 N–H and O–H groups in total. The molecule has 0 aliphatic rings. The van der Waals surface area contributed by atoms with E-state index in [9.17, 15) is 0 Å². The van der Waals surface area contributed by atoms with Crippen molar-refractivity contribution in [1.29, 1.82) is 0 Å². The molecule has 5 heteroatoms. The van der Waals surface area contributed by atoms with Gasteiger partial charge >= 0.3 is 0 Å². The Balaban J connectivity index is 1.53. The van der Waals surface area contributed by atoms with Gasteiger partial charge in [-0.15, -0.1) is 0 Å². The first kappa shape index (κ1) is 17.2. The van der Waals surface area contributed by atoms with Gasteiger partial charge < -0.3 is 10.6 Å². The van der Waals surface area contributed by atoms with Crippen LogP contribution in [-0.4, -0.2) is 24.5 Å². The minimum atomic E-state index is 0.701. The largest absolute Gasteiger partial charge is 0.356 e. The number of rotatable bonds is 5. The third-order valence-electron chi connectivity index (χ3n) is 4.00. The van der Waals surface area contributed by atoms with Gasteiger partial charge in [-0.25, -0.2) is 0 Å². The van der Waals surface area contributed by atoms with E-state index in [-0.39, 0.29) is 0 Å². The van der Waals surface area contributed by atoms with Gasteiger partial charge in [-0.05, 0) is 35.7 Å². The van der Waals surface area contributed by atoms with Crippen LogP contribution in [0.3, 0.4) is 0 Å². The summed E-state index contributed by atoms with van der Waals surface area (Å²) in [4.78, 5) is 8.76. The molecule has 0 saturated carbocycles. The van der Waals surface area contributed by atoms with Crippen molar-refractivity contribution in [2.75, 3.05) is 13.6 Å². The van der Waals surface area contributed by atoms with Gasteiger partial charge in [0.05, 0.1) is 5.52 Å². The molecule has 2 aromatic carbocycles. The summed E-state index contributed by atoms with van der Waals surface area (Å²) in [7, 11) is 1.77. The number of hydrogen-bond acceptors (Lipinski definition) is 2. The molecule has 4 nitrogen and oxygen atoms in total. The van der Waals surface area contributed by atoms with Crippen molar-refractivity contribution < 1.29 is 0 Å². The molecule has 1 aromatic heterocycles. The number of para-hydroxylation sites is 1. The average molecular weight is 353 g/mol. The Labute approximate surface area is 153 Å². The van der Waals surface area contributed by atoms with Crippen molar-refractivity contribution in [3.63, 3.8) is 0 Å². The summed E-state index contributed by atoms with van der Waals surface area (Å²) in [5, 5.41) is 8.57. The zero-order valence-electron chi connectivity index (χ0n) is 14.2. The van der Waals surface area contributed by atoms with Crippen LogP contribution in [-0.2, 0) is 13.0 Å². The third kappa shape index (κ3) is 4.70. The summed E-state index contributed by atoms with van der Waals surface area (Å²) >= 11 is 5.91. The van der Waals surface area contributed by atoms with Crippen LogP contribution in [0.25, 0.3) is 10.9 Å². The minimum Gasteiger partial charge on any atom is -0.356 e. The topological polar surface area (TPSA) is 49.3 Å². The predicted octanol–water partition coefficient (Wildman–Crippen LogP) is 3.80. The molecule has 3 aromatic rings. The number of benzene rings is 2. The van der Waals surface area contributed by atoms with Crippen LogP contribution in [0.15, 0.2) is 65.8 Å². The summed E-state index contributed by atoms with van der Waals surface area (Å²) in [6.07, 6.45) is 2.72. The SMILES string of the molecule is CN=C(NCCc1cccc2cccnc12)NCc1ccc(Cl)cc1. The number of guanidine groups is 1. The molecular weight excluding hydrogens is 332 g/mol. The van der Waals surface area contributed by atoms with Crippen molar-refractivity contribution in [3.8, 4) is 0 Å². The zero-order chi connectivity index (χ0) is 17.5. The van der Waals surface area contributed by atoms with Gasteiger partial charge in [-0.3, -0.25) is 9.98 Å². The lowest BCUT2D eigenvalue weighted by molar-refractivity contribution is 0.796. The van der Waals surface area contributed by atoms with Gasteiger partial charge in [0.15, 0.2) is 5.96 Å². The van der Waals surface area contributed by atoms with Crippen molar-refractivity contribution in [3.05, 3.63) is 76.9 Å². The third-order valence-corrected chi connectivity index (χ3v) is 4.25. The average Bonchev–Trinajstić information content (AvgIpc) is 2.66. The van der Waals surface area contributed by atoms with E-state index in [1.807, 2.05) is 36.5 Å². The lowest BCUT2D eigenvalue weighted by Gasteiger charge is -2.12. The van der Waals surface area contributed by atoms with Gasteiger partial charge in [0.2, 0.25) is 0 Å². The maximum absolute atomic E-state index is 5.91. The smallest absolute Gasteiger partial charge is 0.191 e. The summed E-state index contributed by atoms with van der Waals surface area (Å²) in [6.45, 7) is 1.49. The standard InChI is InChI=1S/C20H21ClN4/c1-22-20(25-14-15-7-9-18(21)10-8-15)24-13-11-17-5-2-4-16-6-3-12-23-19(16)17/h2-10,12H,11,13-14H2,1H3,(H2,22,24,25). The first-order valence-corrected chi connectivity index (χ1v) is 8.65. The molecule has 0 unspecified atom stereocenters. The lowest BCUT2D eigenvalue weighted by Crippen LogP contribution is -2.37. The monoisotopic (exact) mass is 352 g/mol. The Morgan fingerprint density at radius 2 is 1.84 bits per heavy atom. The Kier molecular flexibility index (Phi) is 5.86. The fourth-order valence-electron chi connectivity index (χ4n) is 2.69. The molecular formula is C20H21ClN4. The zero-order valence-corrected chi connectivity index (χ0v) is 14.9. The second-order valence-electron chi connectivity index (χ2n) is 5.72. The van der Waals surface area contributed by atoms with Crippen molar-refractivity contribution in [1.82, 2.24) is 15.6 Å². The van der Waals surface area contributed by atoms with Crippen molar-refractivity contribution >= 4 is 28.5 Å². The minimum absolute atomic E-state index is 0.701. The molecule has 0 fully saturated rings. The highest BCUT2D eigenvalue weighted by Crippen LogP contribution is 2.16. The molecule has 0 amide bonds. The van der Waals surface area contributed by atoms with Crippen LogP contribution in [0.1, 0.15) is 11.1 Å². The van der Waals surface area contributed by atoms with E-state index in [1.165, 1.54) is 10.9 Å². The molecule has 0 aliphatic carbocycles. The number of hydrogen-bond donors (Lipinski definition) is 2. The number of fused-ring (bicyclic) bond motifs is 1. The summed E-state index contributed by atoms with van der Waals surface area (Å²) in [5.74, 6) is 0.781. The number of pyridine rings is 1. The normalized spacial score (nSPS) is 11.5. The molecule has 0 saturated heterocycles. The second-order valence-corrected chi connectivity index (χ2v) is 6.16. The predicted molar refractivity (Wildman–Crippen MR) is 105 cm³/mol. The Morgan fingerprint density at radius 1 is 1.04 bits per heavy atom. The Bertz CT molecular complexity index is 854. The van der Waals surface area contributed by atoms with E-state index in [1.54, 1.807) is 7.05 Å². The van der Waals surface area contributed by atoms with Gasteiger partial charge in [0, 0.05) is 36.7 Å². The molecule has 3 rings (SSSR count). The molecule has 1 heterocycles. The fourth-order valence-corrected chi connectivity index (χ4v) is 2.82. The van der Waals surface area contributed by atoms with Crippen LogP contribution in [0.5, 0.6) is 0 Å². The Hall–Kier alpha value is -2.59. The highest BCUT2D eigenvalue weighted by atomic mass is 35.5. The van der Waals surface area contributed by atoms with E-state index in [0.717, 1.165) is 35.0 Å². The molecule has 25 heavy (non-hydrogen) atoms. The highest BCUT2D eigenvalue weighted by molar-refractivity contribution is 6.30. The van der Waals surface area contributed by atoms with Crippen LogP contribution >= 0.6 is 11.6 Å². The van der Waals surface area contributed by atoms with Gasteiger partial charge in [0.25, 0.3) is 0 Å². The van der Waals surface area contributed by atoms with E-state index in [4.69, 9.17) is 11.6 Å². The molecule has 0 radical (unpaired) electrons. The molecule has 0 atom stereocenters. The van der Waals surface area contributed by atoms with Crippen molar-refractivity contribution in [2.45, 2.75) is 13.0 Å². The molecule has 0 bridgehead atoms. The molecule has 0 aliphatic heterocycles. The van der Waals surface area contributed by atoms with Gasteiger partial charge in [0.1, 0.15) is 0 Å².